The lowest BCUT2D eigenvalue weighted by atomic mass is 10.1. The first kappa shape index (κ1) is 14.4. The number of hydrogen-bond donors (Lipinski definition) is 1. The van der Waals surface area contributed by atoms with Crippen LogP contribution < -0.4 is 4.90 Å². The number of carboxylic acid groups (broad SMARTS) is 1. The second-order valence-corrected chi connectivity index (χ2v) is 5.08. The Bertz CT molecular complexity index is 669. The van der Waals surface area contributed by atoms with Crippen molar-refractivity contribution in [1.82, 2.24) is 0 Å². The number of carbonyl (C=O) groups is 3. The molecule has 0 saturated heterocycles. The molecular formula is C13H9BrFNO4. The number of hydrogen-bond acceptors (Lipinski definition) is 3. The molecule has 0 fully saturated rings. The van der Waals surface area contributed by atoms with Crippen LogP contribution in [0.25, 0.3) is 0 Å². The molecule has 5 nitrogen and oxygen atoms in total. The number of anilines is 1. The summed E-state index contributed by atoms with van der Waals surface area (Å²) in [6.07, 6.45) is 1.32. The fourth-order valence-corrected chi connectivity index (χ4v) is 2.49. The number of rotatable bonds is 3. The number of benzene rings is 1. The van der Waals surface area contributed by atoms with Crippen LogP contribution in [0, 0.1) is 5.82 Å². The van der Waals surface area contributed by atoms with Gasteiger partial charge in [0, 0.05) is 16.6 Å². The molecule has 0 atom stereocenters. The van der Waals surface area contributed by atoms with Gasteiger partial charge in [-0.25, -0.2) is 9.18 Å². The number of nitrogens with zero attached hydrogens (tertiary/aromatic N) is 1. The molecule has 0 unspecified atom stereocenters. The van der Waals surface area contributed by atoms with Crippen molar-refractivity contribution in [3.8, 4) is 0 Å². The molecule has 0 aliphatic carbocycles. The van der Waals surface area contributed by atoms with Crippen molar-refractivity contribution >= 4 is 39.3 Å². The third kappa shape index (κ3) is 2.36. The van der Waals surface area contributed by atoms with Crippen molar-refractivity contribution in [2.24, 2.45) is 0 Å². The molecule has 1 aliphatic heterocycles. The van der Waals surface area contributed by atoms with E-state index >= 15 is 0 Å². The molecular weight excluding hydrogens is 333 g/mol. The fraction of sp³-hybridized carbons (Fsp3) is 0.154. The summed E-state index contributed by atoms with van der Waals surface area (Å²) >= 11 is 3.11. The molecule has 1 aliphatic rings. The largest absolute Gasteiger partial charge is 0.478 e. The van der Waals surface area contributed by atoms with Crippen LogP contribution in [0.3, 0.4) is 0 Å². The quantitative estimate of drug-likeness (QED) is 0.675. The molecule has 104 valence electrons. The number of Topliss-reactive ketones (excluding diaryl/α,β-unsaturated/α-hetero) is 1. The lowest BCUT2D eigenvalue weighted by Gasteiger charge is -2.15. The molecule has 20 heavy (non-hydrogen) atoms. The van der Waals surface area contributed by atoms with Gasteiger partial charge in [0.25, 0.3) is 11.7 Å². The number of amides is 1. The highest BCUT2D eigenvalue weighted by Gasteiger charge is 2.37. The number of carbonyl (C=O) groups excluding carboxylic acids is 2. The summed E-state index contributed by atoms with van der Waals surface area (Å²) in [5.74, 6) is -3.35. The Hall–Kier alpha value is -2.02. The molecule has 0 radical (unpaired) electrons. The Morgan fingerprint density at radius 3 is 2.70 bits per heavy atom. The number of halogens is 2. The van der Waals surface area contributed by atoms with E-state index in [-0.39, 0.29) is 27.8 Å². The highest BCUT2D eigenvalue weighted by Crippen LogP contribution is 2.36. The van der Waals surface area contributed by atoms with Crippen LogP contribution in [0.5, 0.6) is 0 Å². The van der Waals surface area contributed by atoms with Gasteiger partial charge in [0.05, 0.1) is 11.3 Å². The Balaban J connectivity index is 2.44. The standard InChI is InChI=1S/C13H9BrFNO4/c1-6(13(19)20)2-3-16-10-8(11(17)12(16)18)4-7(15)5-9(10)14/h2,4-5H,3H2,1H3,(H,19,20). The monoisotopic (exact) mass is 341 g/mol. The first-order chi connectivity index (χ1) is 9.32. The van der Waals surface area contributed by atoms with Gasteiger partial charge in [0.2, 0.25) is 0 Å². The number of carboxylic acids is 1. The maximum atomic E-state index is 13.3. The molecule has 0 aromatic heterocycles. The summed E-state index contributed by atoms with van der Waals surface area (Å²) in [7, 11) is 0. The van der Waals surface area contributed by atoms with E-state index in [4.69, 9.17) is 5.11 Å². The molecule has 7 heteroatoms. The lowest BCUT2D eigenvalue weighted by molar-refractivity contribution is -0.132. The minimum atomic E-state index is -1.11. The molecule has 1 heterocycles. The van der Waals surface area contributed by atoms with Crippen LogP contribution in [-0.2, 0) is 9.59 Å². The average molecular weight is 342 g/mol. The van der Waals surface area contributed by atoms with Gasteiger partial charge in [-0.2, -0.15) is 0 Å². The van der Waals surface area contributed by atoms with E-state index in [9.17, 15) is 18.8 Å². The van der Waals surface area contributed by atoms with E-state index in [0.717, 1.165) is 17.0 Å². The van der Waals surface area contributed by atoms with Gasteiger partial charge in [-0.15, -0.1) is 0 Å². The first-order valence-electron chi connectivity index (χ1n) is 5.58. The average Bonchev–Trinajstić information content (AvgIpc) is 2.60. The molecule has 1 aromatic carbocycles. The molecule has 2 rings (SSSR count). The van der Waals surface area contributed by atoms with Gasteiger partial charge in [-0.3, -0.25) is 14.5 Å². The van der Waals surface area contributed by atoms with Gasteiger partial charge >= 0.3 is 5.97 Å². The van der Waals surface area contributed by atoms with Gasteiger partial charge < -0.3 is 5.11 Å². The topological polar surface area (TPSA) is 74.7 Å². The predicted molar refractivity (Wildman–Crippen MR) is 72.2 cm³/mol. The maximum absolute atomic E-state index is 13.3. The van der Waals surface area contributed by atoms with Gasteiger partial charge in [0.15, 0.2) is 0 Å². The third-order valence-electron chi connectivity index (χ3n) is 2.90. The number of ketones is 1. The van der Waals surface area contributed by atoms with Crippen molar-refractivity contribution in [3.05, 3.63) is 39.6 Å². The highest BCUT2D eigenvalue weighted by molar-refractivity contribution is 9.10. The van der Waals surface area contributed by atoms with Crippen LogP contribution in [-0.4, -0.2) is 29.3 Å². The van der Waals surface area contributed by atoms with Crippen LogP contribution in [0.4, 0.5) is 10.1 Å². The van der Waals surface area contributed by atoms with Crippen molar-refractivity contribution < 1.29 is 23.9 Å². The zero-order chi connectivity index (χ0) is 15.0. The maximum Gasteiger partial charge on any atom is 0.331 e. The Morgan fingerprint density at radius 2 is 2.10 bits per heavy atom. The zero-order valence-electron chi connectivity index (χ0n) is 10.3. The molecule has 1 aromatic rings. The normalized spacial score (nSPS) is 14.8. The minimum absolute atomic E-state index is 0.0248. The highest BCUT2D eigenvalue weighted by atomic mass is 79.9. The summed E-state index contributed by atoms with van der Waals surface area (Å²) in [5.41, 5.74) is 0.288. The lowest BCUT2D eigenvalue weighted by Crippen LogP contribution is -2.30. The minimum Gasteiger partial charge on any atom is -0.478 e. The van der Waals surface area contributed by atoms with Crippen molar-refractivity contribution in [1.29, 1.82) is 0 Å². The Kier molecular flexibility index (Phi) is 3.71. The predicted octanol–water partition coefficient (Wildman–Crippen LogP) is 2.15. The second kappa shape index (κ2) is 5.16. The zero-order valence-corrected chi connectivity index (χ0v) is 11.9. The van der Waals surface area contributed by atoms with Crippen LogP contribution in [0.1, 0.15) is 17.3 Å². The van der Waals surface area contributed by atoms with Crippen molar-refractivity contribution in [2.45, 2.75) is 6.92 Å². The molecule has 0 saturated carbocycles. The van der Waals surface area contributed by atoms with Crippen molar-refractivity contribution in [3.63, 3.8) is 0 Å². The van der Waals surface area contributed by atoms with E-state index < -0.39 is 23.5 Å². The van der Waals surface area contributed by atoms with Crippen LogP contribution in [0.2, 0.25) is 0 Å². The summed E-state index contributed by atoms with van der Waals surface area (Å²) in [6.45, 7) is 1.31. The van der Waals surface area contributed by atoms with E-state index in [1.807, 2.05) is 0 Å². The molecule has 1 N–H and O–H groups in total. The van der Waals surface area contributed by atoms with Gasteiger partial charge in [-0.1, -0.05) is 6.08 Å². The Morgan fingerprint density at radius 1 is 1.45 bits per heavy atom. The number of fused-ring (bicyclic) bond motifs is 1. The number of aliphatic carboxylic acids is 1. The molecule has 0 bridgehead atoms. The van der Waals surface area contributed by atoms with E-state index in [1.54, 1.807) is 0 Å². The van der Waals surface area contributed by atoms with E-state index in [1.165, 1.54) is 13.0 Å². The summed E-state index contributed by atoms with van der Waals surface area (Å²) < 4.78 is 13.5. The fourth-order valence-electron chi connectivity index (χ4n) is 1.84. The Labute approximate surface area is 121 Å². The smallest absolute Gasteiger partial charge is 0.331 e. The van der Waals surface area contributed by atoms with E-state index in [0.29, 0.717) is 0 Å². The van der Waals surface area contributed by atoms with Crippen LogP contribution >= 0.6 is 15.9 Å². The summed E-state index contributed by atoms with van der Waals surface area (Å²) in [5, 5.41) is 8.76. The third-order valence-corrected chi connectivity index (χ3v) is 3.50. The second-order valence-electron chi connectivity index (χ2n) is 4.22. The van der Waals surface area contributed by atoms with Crippen molar-refractivity contribution in [2.75, 3.05) is 11.4 Å². The molecule has 0 spiro atoms. The van der Waals surface area contributed by atoms with E-state index in [2.05, 4.69) is 15.9 Å². The van der Waals surface area contributed by atoms with Gasteiger partial charge in [0.1, 0.15) is 5.82 Å². The van der Waals surface area contributed by atoms with Crippen LogP contribution in [0.15, 0.2) is 28.3 Å². The summed E-state index contributed by atoms with van der Waals surface area (Å²) in [4.78, 5) is 35.5. The molecule has 1 amide bonds. The SMILES string of the molecule is CC(=CCN1C(=O)C(=O)c2cc(F)cc(Br)c21)C(=O)O. The first-order valence-corrected chi connectivity index (χ1v) is 6.37. The summed E-state index contributed by atoms with van der Waals surface area (Å²) in [6, 6.07) is 2.14. The van der Waals surface area contributed by atoms with Gasteiger partial charge in [-0.05, 0) is 35.0 Å².